The molecule has 5 nitrogen and oxygen atoms in total. The van der Waals surface area contributed by atoms with E-state index in [0.717, 1.165) is 59.2 Å². The van der Waals surface area contributed by atoms with Crippen LogP contribution in [0.2, 0.25) is 0 Å². The average Bonchev–Trinajstić information content (AvgIpc) is 3.19. The zero-order valence-electron chi connectivity index (χ0n) is 22.7. The molecule has 1 aromatic carbocycles. The maximum atomic E-state index is 11.7. The number of pyridine rings is 2. The third-order valence-electron chi connectivity index (χ3n) is 7.00. The summed E-state index contributed by atoms with van der Waals surface area (Å²) in [5.41, 5.74) is 6.28. The first-order valence-corrected chi connectivity index (χ1v) is 13.0. The third kappa shape index (κ3) is 7.15. The normalized spacial score (nSPS) is 11.5. The Morgan fingerprint density at radius 2 is 1.70 bits per heavy atom. The van der Waals surface area contributed by atoms with E-state index in [1.54, 1.807) is 0 Å². The van der Waals surface area contributed by atoms with Crippen molar-refractivity contribution < 1.29 is 30.0 Å². The number of aromatic nitrogens is 3. The Bertz CT molecular complexity index is 1340. The topological polar surface area (TPSA) is 67.5 Å². The van der Waals surface area contributed by atoms with Crippen LogP contribution >= 0.6 is 0 Å². The van der Waals surface area contributed by atoms with Crippen LogP contribution in [0.1, 0.15) is 64.8 Å². The van der Waals surface area contributed by atoms with Gasteiger partial charge in [-0.25, -0.2) is 4.98 Å². The van der Waals surface area contributed by atoms with E-state index < -0.39 is 0 Å². The Kier molecular flexibility index (Phi) is 11.7. The molecule has 37 heavy (non-hydrogen) atoms. The summed E-state index contributed by atoms with van der Waals surface area (Å²) in [5.74, 6) is 0.547. The summed E-state index contributed by atoms with van der Waals surface area (Å²) >= 11 is 0. The predicted octanol–water partition coefficient (Wildman–Crippen LogP) is 7.83. The van der Waals surface area contributed by atoms with Gasteiger partial charge in [0.25, 0.3) is 0 Å². The van der Waals surface area contributed by atoms with E-state index in [1.165, 1.54) is 11.8 Å². The van der Waals surface area contributed by atoms with Crippen molar-refractivity contribution in [1.82, 2.24) is 14.4 Å². The second-order valence-corrected chi connectivity index (χ2v) is 9.21. The van der Waals surface area contributed by atoms with Crippen LogP contribution in [-0.4, -0.2) is 25.3 Å². The van der Waals surface area contributed by atoms with E-state index in [2.05, 4.69) is 39.5 Å². The van der Waals surface area contributed by atoms with Gasteiger partial charge < -0.3 is 10.1 Å². The van der Waals surface area contributed by atoms with E-state index in [-0.39, 0.29) is 43.5 Å². The van der Waals surface area contributed by atoms with Gasteiger partial charge in [0.15, 0.2) is 5.78 Å². The van der Waals surface area contributed by atoms with Gasteiger partial charge in [-0.05, 0) is 57.4 Å². The summed E-state index contributed by atoms with van der Waals surface area (Å²) in [5, 5.41) is 10.9. The van der Waals surface area contributed by atoms with Crippen molar-refractivity contribution in [3.8, 4) is 11.3 Å². The van der Waals surface area contributed by atoms with Gasteiger partial charge in [0.1, 0.15) is 5.65 Å². The van der Waals surface area contributed by atoms with Gasteiger partial charge in [0, 0.05) is 60.8 Å². The van der Waals surface area contributed by atoms with Crippen LogP contribution < -0.4 is 0 Å². The van der Waals surface area contributed by atoms with Crippen LogP contribution in [0.25, 0.3) is 27.8 Å². The van der Waals surface area contributed by atoms with Gasteiger partial charge in [0.2, 0.25) is 0 Å². The fraction of sp³-hybridized carbons (Fsp3) is 0.387. The second-order valence-electron chi connectivity index (χ2n) is 9.21. The standard InChI is InChI=1S/C18H14N3.C13H24O2.Ir/c1-12-13(2)21-17-10-16(14-6-4-3-5-7-14)19-11-15(17)8-9-18(21)20-12;1-5-10(6-2)12(14)9-13(15)11(7-3)8-4;/h3-6,8-11H,1-2H3;9-11,14H,5-8H2,1-4H3;/q-1;;/b;12-9-;. The van der Waals surface area contributed by atoms with Crippen LogP contribution in [0.5, 0.6) is 0 Å². The number of rotatable bonds is 8. The van der Waals surface area contributed by atoms with Crippen molar-refractivity contribution >= 4 is 22.3 Å². The summed E-state index contributed by atoms with van der Waals surface area (Å²) < 4.78 is 2.19. The van der Waals surface area contributed by atoms with E-state index in [4.69, 9.17) is 0 Å². The maximum Gasteiger partial charge on any atom is 0.162 e. The van der Waals surface area contributed by atoms with Crippen molar-refractivity contribution in [2.45, 2.75) is 67.2 Å². The number of ketones is 1. The molecule has 0 atom stereocenters. The minimum absolute atomic E-state index is 0. The van der Waals surface area contributed by atoms with Crippen molar-refractivity contribution in [2.75, 3.05) is 0 Å². The van der Waals surface area contributed by atoms with Gasteiger partial charge in [-0.2, -0.15) is 0 Å². The number of carbonyl (C=O) groups is 1. The van der Waals surface area contributed by atoms with E-state index in [1.807, 2.05) is 71.1 Å². The number of aryl methyl sites for hydroxylation is 2. The Balaban J connectivity index is 0.000000271. The number of hydrogen-bond acceptors (Lipinski definition) is 4. The van der Waals surface area contributed by atoms with Gasteiger partial charge >= 0.3 is 0 Å². The Morgan fingerprint density at radius 3 is 2.30 bits per heavy atom. The molecule has 3 heterocycles. The van der Waals surface area contributed by atoms with Gasteiger partial charge in [-0.1, -0.05) is 33.8 Å². The summed E-state index contributed by atoms with van der Waals surface area (Å²) in [6.45, 7) is 12.2. The number of carbonyl (C=O) groups excluding carboxylic acids is 1. The van der Waals surface area contributed by atoms with Crippen molar-refractivity contribution in [3.05, 3.63) is 78.0 Å². The molecule has 3 aromatic heterocycles. The molecule has 0 aliphatic rings. The quantitative estimate of drug-likeness (QED) is 0.117. The largest absolute Gasteiger partial charge is 0.512 e. The van der Waals surface area contributed by atoms with Crippen LogP contribution in [0.3, 0.4) is 0 Å². The number of aliphatic hydroxyl groups excluding tert-OH is 1. The van der Waals surface area contributed by atoms with Gasteiger partial charge in [0.05, 0.1) is 11.5 Å². The number of hydrogen-bond donors (Lipinski definition) is 1. The minimum Gasteiger partial charge on any atom is -0.512 e. The van der Waals surface area contributed by atoms with Gasteiger partial charge in [-0.3, -0.25) is 9.20 Å². The number of imidazole rings is 1. The molecule has 0 unspecified atom stereocenters. The summed E-state index contributed by atoms with van der Waals surface area (Å²) in [4.78, 5) is 20.9. The maximum absolute atomic E-state index is 11.7. The SMILES string of the molecule is CCC(CC)C(=O)/C=C(\O)C(CC)CC.Cc1nc2ccc3cnc(-c4[c-]cccc4)cc3n2c1C.[Ir]. The average molecular weight is 677 g/mol. The molecule has 4 rings (SSSR count). The van der Waals surface area contributed by atoms with Crippen molar-refractivity contribution in [3.63, 3.8) is 0 Å². The first-order chi connectivity index (χ1) is 17.3. The fourth-order valence-electron chi connectivity index (χ4n) is 4.47. The first kappa shape index (κ1) is 30.4. The Labute approximate surface area is 234 Å². The molecule has 199 valence electrons. The van der Waals surface area contributed by atoms with Crippen molar-refractivity contribution in [1.29, 1.82) is 0 Å². The molecule has 0 aliphatic carbocycles. The van der Waals surface area contributed by atoms with E-state index >= 15 is 0 Å². The molecule has 0 saturated carbocycles. The number of allylic oxidation sites excluding steroid dienone is 2. The molecule has 0 bridgehead atoms. The molecule has 0 amide bonds. The minimum atomic E-state index is 0. The molecule has 6 heteroatoms. The van der Waals surface area contributed by atoms with E-state index in [0.29, 0.717) is 0 Å². The molecule has 1 N–H and O–H groups in total. The second kappa shape index (κ2) is 14.2. The van der Waals surface area contributed by atoms with Crippen LogP contribution in [0, 0.1) is 31.7 Å². The molecule has 0 aliphatic heterocycles. The Morgan fingerprint density at radius 1 is 1.03 bits per heavy atom. The fourth-order valence-corrected chi connectivity index (χ4v) is 4.47. The number of aliphatic hydroxyl groups is 1. The molecular weight excluding hydrogens is 639 g/mol. The number of benzene rings is 1. The third-order valence-corrected chi connectivity index (χ3v) is 7.00. The molecule has 0 fully saturated rings. The van der Waals surface area contributed by atoms with Crippen LogP contribution in [0.15, 0.2) is 60.5 Å². The Hall–Kier alpha value is -2.82. The van der Waals surface area contributed by atoms with Crippen LogP contribution in [-0.2, 0) is 24.9 Å². The first-order valence-electron chi connectivity index (χ1n) is 13.0. The number of fused-ring (bicyclic) bond motifs is 3. The monoisotopic (exact) mass is 677 g/mol. The van der Waals surface area contributed by atoms with Gasteiger partial charge in [-0.15, -0.1) is 35.9 Å². The molecule has 0 spiro atoms. The molecule has 4 aromatic rings. The zero-order valence-corrected chi connectivity index (χ0v) is 25.1. The smallest absolute Gasteiger partial charge is 0.162 e. The predicted molar refractivity (Wildman–Crippen MR) is 148 cm³/mol. The summed E-state index contributed by atoms with van der Waals surface area (Å²) in [6.07, 6.45) is 6.82. The van der Waals surface area contributed by atoms with E-state index in [9.17, 15) is 9.90 Å². The summed E-state index contributed by atoms with van der Waals surface area (Å²) in [7, 11) is 0. The van der Waals surface area contributed by atoms with Crippen LogP contribution in [0.4, 0.5) is 0 Å². The molecular formula is C31H38IrN3O2-. The molecule has 1 radical (unpaired) electrons. The summed E-state index contributed by atoms with van der Waals surface area (Å²) in [6, 6.07) is 17.4. The zero-order chi connectivity index (χ0) is 26.2. The van der Waals surface area contributed by atoms with Crippen molar-refractivity contribution in [2.24, 2.45) is 11.8 Å². The number of nitrogens with zero attached hydrogens (tertiary/aromatic N) is 3. The molecule has 0 saturated heterocycles.